The summed E-state index contributed by atoms with van der Waals surface area (Å²) >= 11 is 5.90. The number of aliphatic hydroxyl groups is 1. The molecule has 1 heterocycles. The number of hydrogen-bond donors (Lipinski definition) is 3. The molecule has 1 aromatic carbocycles. The van der Waals surface area contributed by atoms with Crippen molar-refractivity contribution in [3.63, 3.8) is 0 Å². The maximum atomic E-state index is 12.1. The molecular weight excluding hydrogens is 298 g/mol. The van der Waals surface area contributed by atoms with Crippen LogP contribution in [0.3, 0.4) is 0 Å². The van der Waals surface area contributed by atoms with Crippen LogP contribution in [0.1, 0.15) is 22.5 Å². The zero-order valence-electron chi connectivity index (χ0n) is 11.2. The highest BCUT2D eigenvalue weighted by Crippen LogP contribution is 2.27. The molecule has 21 heavy (non-hydrogen) atoms. The molecule has 0 aliphatic heterocycles. The van der Waals surface area contributed by atoms with Crippen LogP contribution in [0.4, 0.5) is 0 Å². The Labute approximate surface area is 125 Å². The highest BCUT2D eigenvalue weighted by molar-refractivity contribution is 6.31. The van der Waals surface area contributed by atoms with Crippen molar-refractivity contribution < 1.29 is 24.2 Å². The van der Waals surface area contributed by atoms with Gasteiger partial charge in [-0.3, -0.25) is 4.79 Å². The molecule has 6 nitrogen and oxygen atoms in total. The number of carbonyl (C=O) groups excluding carboxylic acids is 1. The van der Waals surface area contributed by atoms with Gasteiger partial charge in [-0.1, -0.05) is 11.6 Å². The highest BCUT2D eigenvalue weighted by atomic mass is 35.5. The molecule has 1 atom stereocenters. The van der Waals surface area contributed by atoms with Crippen LogP contribution in [-0.2, 0) is 4.79 Å². The van der Waals surface area contributed by atoms with Gasteiger partial charge in [-0.05, 0) is 25.1 Å². The van der Waals surface area contributed by atoms with Gasteiger partial charge in [0.15, 0.2) is 5.76 Å². The normalized spacial score (nSPS) is 12.3. The average Bonchev–Trinajstić information content (AvgIpc) is 2.75. The van der Waals surface area contributed by atoms with Crippen LogP contribution in [0.25, 0.3) is 11.0 Å². The fourth-order valence-electron chi connectivity index (χ4n) is 2.02. The second kappa shape index (κ2) is 6.15. The molecule has 7 heteroatoms. The quantitative estimate of drug-likeness (QED) is 0.784. The van der Waals surface area contributed by atoms with Gasteiger partial charge in [-0.15, -0.1) is 0 Å². The minimum absolute atomic E-state index is 0.0384. The minimum atomic E-state index is -1.21. The number of hydrogen-bond acceptors (Lipinski definition) is 4. The van der Waals surface area contributed by atoms with E-state index in [1.807, 2.05) is 0 Å². The lowest BCUT2D eigenvalue weighted by Gasteiger charge is -2.12. The van der Waals surface area contributed by atoms with E-state index in [1.165, 1.54) is 0 Å². The van der Waals surface area contributed by atoms with Crippen LogP contribution in [0.2, 0.25) is 5.02 Å². The van der Waals surface area contributed by atoms with Crippen molar-refractivity contribution in [2.75, 3.05) is 6.61 Å². The van der Waals surface area contributed by atoms with E-state index in [1.54, 1.807) is 25.1 Å². The number of halogens is 1. The smallest absolute Gasteiger partial charge is 0.326 e. The third-order valence-electron chi connectivity index (χ3n) is 3.13. The van der Waals surface area contributed by atoms with Crippen LogP contribution in [0, 0.1) is 6.92 Å². The Kier molecular flexibility index (Phi) is 4.50. The molecule has 112 valence electrons. The number of aryl methyl sites for hydroxylation is 1. The molecule has 0 aliphatic carbocycles. The number of aliphatic hydroxyl groups excluding tert-OH is 1. The average molecular weight is 312 g/mol. The number of furan rings is 1. The standard InChI is InChI=1S/C14H14ClNO5/c1-7-9-6-8(15)2-3-11(9)21-12(7)13(18)16-10(4-5-17)14(19)20/h2-3,6,10,17H,4-5H2,1H3,(H,16,18)(H,19,20)/t10-/m0/s1. The van der Waals surface area contributed by atoms with Crippen molar-refractivity contribution in [2.24, 2.45) is 0 Å². The van der Waals surface area contributed by atoms with Crippen LogP contribution in [-0.4, -0.2) is 34.7 Å². The van der Waals surface area contributed by atoms with E-state index in [0.29, 0.717) is 21.6 Å². The Morgan fingerprint density at radius 1 is 1.43 bits per heavy atom. The lowest BCUT2D eigenvalue weighted by atomic mass is 10.1. The number of aliphatic carboxylic acids is 1. The van der Waals surface area contributed by atoms with E-state index in [0.717, 1.165) is 0 Å². The fourth-order valence-corrected chi connectivity index (χ4v) is 2.19. The zero-order chi connectivity index (χ0) is 15.6. The highest BCUT2D eigenvalue weighted by Gasteiger charge is 2.24. The number of carboxylic acid groups (broad SMARTS) is 1. The van der Waals surface area contributed by atoms with Crippen LogP contribution >= 0.6 is 11.6 Å². The number of carboxylic acids is 1. The van der Waals surface area contributed by atoms with Crippen LogP contribution in [0.15, 0.2) is 22.6 Å². The largest absolute Gasteiger partial charge is 0.480 e. The molecule has 3 N–H and O–H groups in total. The molecule has 0 spiro atoms. The van der Waals surface area contributed by atoms with E-state index in [9.17, 15) is 9.59 Å². The van der Waals surface area contributed by atoms with Crippen molar-refractivity contribution in [2.45, 2.75) is 19.4 Å². The third-order valence-corrected chi connectivity index (χ3v) is 3.36. The van der Waals surface area contributed by atoms with Gasteiger partial charge in [0.25, 0.3) is 5.91 Å². The van der Waals surface area contributed by atoms with Gasteiger partial charge in [0.2, 0.25) is 0 Å². The van der Waals surface area contributed by atoms with Gasteiger partial charge in [0.1, 0.15) is 11.6 Å². The Bertz CT molecular complexity index is 694. The summed E-state index contributed by atoms with van der Waals surface area (Å²) in [6.45, 7) is 1.35. The first kappa shape index (κ1) is 15.3. The van der Waals surface area contributed by atoms with Gasteiger partial charge >= 0.3 is 5.97 Å². The van der Waals surface area contributed by atoms with E-state index in [2.05, 4.69) is 5.32 Å². The maximum absolute atomic E-state index is 12.1. The van der Waals surface area contributed by atoms with Gasteiger partial charge in [0.05, 0.1) is 0 Å². The number of carbonyl (C=O) groups is 2. The number of benzene rings is 1. The Morgan fingerprint density at radius 3 is 2.76 bits per heavy atom. The monoisotopic (exact) mass is 311 g/mol. The predicted octanol–water partition coefficient (Wildman–Crippen LogP) is 1.96. The zero-order valence-corrected chi connectivity index (χ0v) is 12.0. The second-order valence-electron chi connectivity index (χ2n) is 4.57. The molecule has 0 saturated carbocycles. The summed E-state index contributed by atoms with van der Waals surface area (Å²) in [4.78, 5) is 23.1. The van der Waals surface area contributed by atoms with E-state index in [-0.39, 0.29) is 18.8 Å². The minimum Gasteiger partial charge on any atom is -0.480 e. The topological polar surface area (TPSA) is 99.8 Å². The van der Waals surface area contributed by atoms with E-state index >= 15 is 0 Å². The molecule has 0 unspecified atom stereocenters. The first-order valence-electron chi connectivity index (χ1n) is 6.27. The number of amides is 1. The van der Waals surface area contributed by atoms with E-state index in [4.69, 9.17) is 26.2 Å². The summed E-state index contributed by atoms with van der Waals surface area (Å²) in [5.41, 5.74) is 1.08. The van der Waals surface area contributed by atoms with Crippen molar-refractivity contribution in [1.82, 2.24) is 5.32 Å². The molecule has 0 radical (unpaired) electrons. The number of nitrogens with one attached hydrogen (secondary N) is 1. The Morgan fingerprint density at radius 2 is 2.14 bits per heavy atom. The van der Waals surface area contributed by atoms with Crippen molar-refractivity contribution in [3.8, 4) is 0 Å². The molecule has 2 rings (SSSR count). The number of fused-ring (bicyclic) bond motifs is 1. The number of rotatable bonds is 5. The first-order chi connectivity index (χ1) is 9.93. The lowest BCUT2D eigenvalue weighted by molar-refractivity contribution is -0.139. The summed E-state index contributed by atoms with van der Waals surface area (Å²) in [6, 6.07) is 3.79. The maximum Gasteiger partial charge on any atom is 0.326 e. The Hall–Kier alpha value is -2.05. The summed E-state index contributed by atoms with van der Waals surface area (Å²) in [5, 5.41) is 21.3. The third kappa shape index (κ3) is 3.17. The van der Waals surface area contributed by atoms with Crippen LogP contribution < -0.4 is 5.32 Å². The molecule has 1 aromatic heterocycles. The molecule has 0 saturated heterocycles. The van der Waals surface area contributed by atoms with Gasteiger partial charge in [-0.25, -0.2) is 4.79 Å². The van der Waals surface area contributed by atoms with Crippen molar-refractivity contribution >= 4 is 34.4 Å². The summed E-state index contributed by atoms with van der Waals surface area (Å²) in [6.07, 6.45) is -0.0772. The van der Waals surface area contributed by atoms with Gasteiger partial charge in [0, 0.05) is 29.0 Å². The van der Waals surface area contributed by atoms with Crippen molar-refractivity contribution in [1.29, 1.82) is 0 Å². The first-order valence-corrected chi connectivity index (χ1v) is 6.65. The predicted molar refractivity (Wildman–Crippen MR) is 76.6 cm³/mol. The molecule has 0 aliphatic rings. The molecule has 0 bridgehead atoms. The van der Waals surface area contributed by atoms with Crippen LogP contribution in [0.5, 0.6) is 0 Å². The SMILES string of the molecule is Cc1c(C(=O)N[C@@H](CCO)C(=O)O)oc2ccc(Cl)cc12. The van der Waals surface area contributed by atoms with E-state index < -0.39 is 17.9 Å². The summed E-state index contributed by atoms with van der Waals surface area (Å²) in [7, 11) is 0. The summed E-state index contributed by atoms with van der Waals surface area (Å²) < 4.78 is 5.45. The van der Waals surface area contributed by atoms with Gasteiger partial charge in [-0.2, -0.15) is 0 Å². The molecule has 0 fully saturated rings. The molecule has 2 aromatic rings. The Balaban J connectivity index is 2.31. The summed E-state index contributed by atoms with van der Waals surface area (Å²) in [5.74, 6) is -1.81. The van der Waals surface area contributed by atoms with Crippen molar-refractivity contribution in [3.05, 3.63) is 34.5 Å². The fraction of sp³-hybridized carbons (Fsp3) is 0.286. The second-order valence-corrected chi connectivity index (χ2v) is 5.01. The van der Waals surface area contributed by atoms with Gasteiger partial charge < -0.3 is 19.9 Å². The molecule has 1 amide bonds. The lowest BCUT2D eigenvalue weighted by Crippen LogP contribution is -2.41. The molecular formula is C14H14ClNO5.